The number of anilines is 1. The Balaban J connectivity index is 1.91. The lowest BCUT2D eigenvalue weighted by Gasteiger charge is -2.26. The summed E-state index contributed by atoms with van der Waals surface area (Å²) in [5.41, 5.74) is 13.6. The third-order valence-electron chi connectivity index (χ3n) is 3.74. The van der Waals surface area contributed by atoms with Crippen LogP contribution in [-0.2, 0) is 4.79 Å². The van der Waals surface area contributed by atoms with Gasteiger partial charge in [0.15, 0.2) is 6.10 Å². The Labute approximate surface area is 105 Å². The van der Waals surface area contributed by atoms with E-state index in [-0.39, 0.29) is 17.5 Å². The predicted octanol–water partition coefficient (Wildman–Crippen LogP) is 0.897. The zero-order valence-corrected chi connectivity index (χ0v) is 10.3. The number of carbonyl (C=O) groups is 1. The first-order valence-corrected chi connectivity index (χ1v) is 6.15. The Hall–Kier alpha value is -1.59. The average molecular weight is 247 g/mol. The van der Waals surface area contributed by atoms with Crippen molar-refractivity contribution < 1.29 is 9.53 Å². The highest BCUT2D eigenvalue weighted by molar-refractivity contribution is 5.97. The molecular weight excluding hydrogens is 230 g/mol. The van der Waals surface area contributed by atoms with Crippen molar-refractivity contribution in [1.82, 2.24) is 0 Å². The minimum atomic E-state index is -0.457. The van der Waals surface area contributed by atoms with Crippen LogP contribution in [0, 0.1) is 0 Å². The van der Waals surface area contributed by atoms with Crippen LogP contribution in [0.1, 0.15) is 31.4 Å². The van der Waals surface area contributed by atoms with Crippen molar-refractivity contribution in [1.29, 1.82) is 0 Å². The molecule has 0 bridgehead atoms. The van der Waals surface area contributed by atoms with Gasteiger partial charge in [0.2, 0.25) is 0 Å². The van der Waals surface area contributed by atoms with E-state index in [1.165, 1.54) is 0 Å². The number of hydrogen-bond acceptors (Lipinski definition) is 4. The maximum Gasteiger partial charge on any atom is 0.265 e. The second kappa shape index (κ2) is 3.70. The molecule has 0 spiro atoms. The standard InChI is InChI=1S/C13H17N3O2/c1-7-12(17)16-9-6-8(2-3-10(9)18-7)11(14)13(15)4-5-13/h2-3,6-7,11H,4-5,14-15H2,1H3,(H,16,17). The normalized spacial score (nSPS) is 25.7. The molecule has 96 valence electrons. The number of rotatable bonds is 2. The highest BCUT2D eigenvalue weighted by Gasteiger charge is 2.44. The first-order chi connectivity index (χ1) is 8.49. The lowest BCUT2D eigenvalue weighted by atomic mass is 9.98. The molecule has 1 saturated carbocycles. The van der Waals surface area contributed by atoms with Crippen LogP contribution in [-0.4, -0.2) is 17.6 Å². The number of fused-ring (bicyclic) bond motifs is 1. The number of carbonyl (C=O) groups excluding carboxylic acids is 1. The molecule has 1 heterocycles. The third-order valence-corrected chi connectivity index (χ3v) is 3.74. The summed E-state index contributed by atoms with van der Waals surface area (Å²) < 4.78 is 5.50. The monoisotopic (exact) mass is 247 g/mol. The molecule has 1 aromatic carbocycles. The van der Waals surface area contributed by atoms with Crippen LogP contribution in [0.3, 0.4) is 0 Å². The fourth-order valence-corrected chi connectivity index (χ4v) is 2.21. The Morgan fingerprint density at radius 3 is 2.89 bits per heavy atom. The summed E-state index contributed by atoms with van der Waals surface area (Å²) in [6.45, 7) is 1.72. The Morgan fingerprint density at radius 2 is 2.22 bits per heavy atom. The zero-order valence-electron chi connectivity index (χ0n) is 10.3. The van der Waals surface area contributed by atoms with Gasteiger partial charge in [-0.05, 0) is 37.5 Å². The molecular formula is C13H17N3O2. The van der Waals surface area contributed by atoms with Gasteiger partial charge < -0.3 is 21.5 Å². The maximum absolute atomic E-state index is 11.6. The molecule has 0 aromatic heterocycles. The summed E-state index contributed by atoms with van der Waals surface area (Å²) in [6, 6.07) is 5.42. The van der Waals surface area contributed by atoms with Gasteiger partial charge >= 0.3 is 0 Å². The molecule has 3 rings (SSSR count). The summed E-state index contributed by atoms with van der Waals surface area (Å²) in [5.74, 6) is 0.544. The molecule has 5 nitrogen and oxygen atoms in total. The van der Waals surface area contributed by atoms with Gasteiger partial charge in [0.25, 0.3) is 5.91 Å². The van der Waals surface area contributed by atoms with Gasteiger partial charge in [-0.1, -0.05) is 6.07 Å². The summed E-state index contributed by atoms with van der Waals surface area (Å²) >= 11 is 0. The number of ether oxygens (including phenoxy) is 1. The minimum Gasteiger partial charge on any atom is -0.479 e. The maximum atomic E-state index is 11.6. The van der Waals surface area contributed by atoms with Crippen LogP contribution < -0.4 is 21.5 Å². The molecule has 1 aromatic rings. The fraction of sp³-hybridized carbons (Fsp3) is 0.462. The van der Waals surface area contributed by atoms with E-state index in [1.54, 1.807) is 6.92 Å². The van der Waals surface area contributed by atoms with Crippen molar-refractivity contribution >= 4 is 11.6 Å². The van der Waals surface area contributed by atoms with Crippen molar-refractivity contribution in [2.75, 3.05) is 5.32 Å². The van der Waals surface area contributed by atoms with E-state index in [4.69, 9.17) is 16.2 Å². The van der Waals surface area contributed by atoms with Gasteiger partial charge in [-0.3, -0.25) is 4.79 Å². The first kappa shape index (κ1) is 11.5. The topological polar surface area (TPSA) is 90.4 Å². The fourth-order valence-electron chi connectivity index (χ4n) is 2.21. The SMILES string of the molecule is CC1Oc2ccc(C(N)C3(N)CC3)cc2NC1=O. The van der Waals surface area contributed by atoms with Crippen LogP contribution in [0.15, 0.2) is 18.2 Å². The quantitative estimate of drug-likeness (QED) is 0.724. The highest BCUT2D eigenvalue weighted by Crippen LogP contribution is 2.43. The lowest BCUT2D eigenvalue weighted by Crippen LogP contribution is -2.37. The Bertz CT molecular complexity index is 511. The van der Waals surface area contributed by atoms with Crippen molar-refractivity contribution in [3.63, 3.8) is 0 Å². The van der Waals surface area contributed by atoms with Gasteiger partial charge in [-0.2, -0.15) is 0 Å². The lowest BCUT2D eigenvalue weighted by molar-refractivity contribution is -0.122. The molecule has 5 heteroatoms. The molecule has 2 aliphatic rings. The molecule has 1 fully saturated rings. The zero-order chi connectivity index (χ0) is 12.9. The second-order valence-electron chi connectivity index (χ2n) is 5.22. The van der Waals surface area contributed by atoms with Gasteiger partial charge in [-0.15, -0.1) is 0 Å². The molecule has 1 amide bonds. The molecule has 2 atom stereocenters. The van der Waals surface area contributed by atoms with Crippen LogP contribution in [0.5, 0.6) is 5.75 Å². The number of nitrogens with one attached hydrogen (secondary N) is 1. The number of benzene rings is 1. The average Bonchev–Trinajstić information content (AvgIpc) is 3.09. The van der Waals surface area contributed by atoms with E-state index >= 15 is 0 Å². The molecule has 0 saturated heterocycles. The molecule has 1 aliphatic heterocycles. The van der Waals surface area contributed by atoms with E-state index in [9.17, 15) is 4.79 Å². The van der Waals surface area contributed by atoms with Crippen molar-refractivity contribution in [2.45, 2.75) is 37.5 Å². The highest BCUT2D eigenvalue weighted by atomic mass is 16.5. The summed E-state index contributed by atoms with van der Waals surface area (Å²) in [6.07, 6.45) is 1.44. The number of nitrogens with two attached hydrogens (primary N) is 2. The summed E-state index contributed by atoms with van der Waals surface area (Å²) in [5, 5.41) is 2.82. The van der Waals surface area contributed by atoms with Crippen molar-refractivity contribution in [3.8, 4) is 5.75 Å². The van der Waals surface area contributed by atoms with E-state index in [0.29, 0.717) is 11.4 Å². The van der Waals surface area contributed by atoms with Crippen molar-refractivity contribution in [3.05, 3.63) is 23.8 Å². The second-order valence-corrected chi connectivity index (χ2v) is 5.22. The summed E-state index contributed by atoms with van der Waals surface area (Å²) in [7, 11) is 0. The van der Waals surface area contributed by atoms with Crippen molar-refractivity contribution in [2.24, 2.45) is 11.5 Å². The van der Waals surface area contributed by atoms with E-state index in [2.05, 4.69) is 5.32 Å². The van der Waals surface area contributed by atoms with Crippen LogP contribution >= 0.6 is 0 Å². The first-order valence-electron chi connectivity index (χ1n) is 6.15. The number of hydrogen-bond donors (Lipinski definition) is 3. The minimum absolute atomic E-state index is 0.137. The molecule has 0 radical (unpaired) electrons. The largest absolute Gasteiger partial charge is 0.479 e. The van der Waals surface area contributed by atoms with Crippen LogP contribution in [0.4, 0.5) is 5.69 Å². The van der Waals surface area contributed by atoms with E-state index < -0.39 is 6.10 Å². The van der Waals surface area contributed by atoms with E-state index in [1.807, 2.05) is 18.2 Å². The van der Waals surface area contributed by atoms with Gasteiger partial charge in [-0.25, -0.2) is 0 Å². The molecule has 5 N–H and O–H groups in total. The third kappa shape index (κ3) is 1.76. The Kier molecular flexibility index (Phi) is 2.36. The van der Waals surface area contributed by atoms with Crippen LogP contribution in [0.25, 0.3) is 0 Å². The molecule has 18 heavy (non-hydrogen) atoms. The van der Waals surface area contributed by atoms with Gasteiger partial charge in [0, 0.05) is 11.6 Å². The molecule has 1 aliphatic carbocycles. The Morgan fingerprint density at radius 1 is 1.50 bits per heavy atom. The molecule has 2 unspecified atom stereocenters. The summed E-state index contributed by atoms with van der Waals surface area (Å²) in [4.78, 5) is 11.6. The van der Waals surface area contributed by atoms with Crippen LogP contribution in [0.2, 0.25) is 0 Å². The van der Waals surface area contributed by atoms with Gasteiger partial charge in [0.1, 0.15) is 5.75 Å². The smallest absolute Gasteiger partial charge is 0.265 e. The van der Waals surface area contributed by atoms with Gasteiger partial charge in [0.05, 0.1) is 5.69 Å². The van der Waals surface area contributed by atoms with E-state index in [0.717, 1.165) is 18.4 Å². The predicted molar refractivity (Wildman–Crippen MR) is 68.2 cm³/mol. The number of amides is 1.